The second-order valence-electron chi connectivity index (χ2n) is 8.63. The lowest BCUT2D eigenvalue weighted by atomic mass is 10.00. The normalized spacial score (nSPS) is 13.9. The molecule has 2 amide bonds. The van der Waals surface area contributed by atoms with Gasteiger partial charge in [0.05, 0.1) is 17.0 Å². The zero-order valence-corrected chi connectivity index (χ0v) is 20.9. The van der Waals surface area contributed by atoms with Crippen molar-refractivity contribution in [3.63, 3.8) is 0 Å². The van der Waals surface area contributed by atoms with E-state index in [0.29, 0.717) is 34.9 Å². The molecule has 0 aromatic heterocycles. The first-order valence-corrected chi connectivity index (χ1v) is 12.0. The van der Waals surface area contributed by atoms with E-state index in [4.69, 9.17) is 11.6 Å². The molecular formula is C28H29ClN4O2. The maximum Gasteiger partial charge on any atom is 0.258 e. The minimum atomic E-state index is -0.186. The van der Waals surface area contributed by atoms with Crippen LogP contribution in [0.4, 0.5) is 17.1 Å². The fraction of sp³-hybridized carbons (Fsp3) is 0.214. The zero-order valence-electron chi connectivity index (χ0n) is 20.1. The van der Waals surface area contributed by atoms with E-state index < -0.39 is 0 Å². The predicted molar refractivity (Wildman–Crippen MR) is 145 cm³/mol. The van der Waals surface area contributed by atoms with E-state index in [1.54, 1.807) is 12.1 Å². The number of amides is 2. The lowest BCUT2D eigenvalue weighted by molar-refractivity contribution is -0.118. The second kappa shape index (κ2) is 10.8. The first-order valence-electron chi connectivity index (χ1n) is 11.6. The third-order valence-electron chi connectivity index (χ3n) is 5.86. The maximum absolute atomic E-state index is 13.0. The lowest BCUT2D eigenvalue weighted by Crippen LogP contribution is -2.36. The van der Waals surface area contributed by atoms with Crippen LogP contribution in [0.2, 0.25) is 5.02 Å². The monoisotopic (exact) mass is 488 g/mol. The van der Waals surface area contributed by atoms with Crippen molar-refractivity contribution >= 4 is 51.7 Å². The molecule has 3 aromatic carbocycles. The highest BCUT2D eigenvalue weighted by atomic mass is 35.5. The molecule has 4 rings (SSSR count). The van der Waals surface area contributed by atoms with Crippen molar-refractivity contribution in [1.82, 2.24) is 4.90 Å². The van der Waals surface area contributed by atoms with Gasteiger partial charge in [0.2, 0.25) is 5.91 Å². The number of nitrogens with one attached hydrogen (secondary N) is 2. The lowest BCUT2D eigenvalue weighted by Gasteiger charge is -2.24. The summed E-state index contributed by atoms with van der Waals surface area (Å²) in [4.78, 5) is 29.4. The van der Waals surface area contributed by atoms with Crippen LogP contribution in [0.5, 0.6) is 0 Å². The van der Waals surface area contributed by atoms with Gasteiger partial charge in [-0.3, -0.25) is 9.59 Å². The summed E-state index contributed by atoms with van der Waals surface area (Å²) in [5.74, 6) is -0.105. The van der Waals surface area contributed by atoms with E-state index in [-0.39, 0.29) is 11.8 Å². The molecule has 0 bridgehead atoms. The molecule has 0 spiro atoms. The fourth-order valence-corrected chi connectivity index (χ4v) is 4.21. The van der Waals surface area contributed by atoms with Gasteiger partial charge >= 0.3 is 0 Å². The van der Waals surface area contributed by atoms with Crippen molar-refractivity contribution in [2.24, 2.45) is 0 Å². The van der Waals surface area contributed by atoms with Crippen molar-refractivity contribution in [3.8, 4) is 0 Å². The van der Waals surface area contributed by atoms with Crippen LogP contribution < -0.4 is 15.5 Å². The number of fused-ring (bicyclic) bond motifs is 1. The Morgan fingerprint density at radius 1 is 0.971 bits per heavy atom. The molecule has 0 radical (unpaired) electrons. The second-order valence-corrected chi connectivity index (χ2v) is 9.07. The van der Waals surface area contributed by atoms with Gasteiger partial charge in [-0.2, -0.15) is 0 Å². The van der Waals surface area contributed by atoms with Crippen LogP contribution in [0.1, 0.15) is 24.5 Å². The minimum absolute atomic E-state index is 0.0811. The highest BCUT2D eigenvalue weighted by molar-refractivity contribution is 6.38. The SMILES string of the molecule is CCC(=O)N(CCN(C)C)c1ccc(NC(=C2C(=O)Nc3cc(Cl)ccc32)c2ccccc2)cc1. The Morgan fingerprint density at radius 2 is 1.69 bits per heavy atom. The van der Waals surface area contributed by atoms with Crippen LogP contribution >= 0.6 is 11.6 Å². The van der Waals surface area contributed by atoms with Crippen molar-refractivity contribution in [2.45, 2.75) is 13.3 Å². The molecule has 3 aromatic rings. The van der Waals surface area contributed by atoms with Crippen LogP contribution in [0, 0.1) is 0 Å². The number of rotatable bonds is 8. The maximum atomic E-state index is 13.0. The molecule has 0 aliphatic carbocycles. The summed E-state index contributed by atoms with van der Waals surface area (Å²) in [7, 11) is 3.98. The first-order chi connectivity index (χ1) is 16.9. The standard InChI is InChI=1S/C28H29ClN4O2/c1-4-25(34)33(17-16-32(2)3)22-13-11-21(12-14-22)30-27(19-8-6-5-7-9-19)26-23-15-10-20(29)18-24(23)31-28(26)35/h5-15,18,30H,4,16-17H2,1-3H3,(H,31,35). The number of carbonyl (C=O) groups excluding carboxylic acids is 2. The summed E-state index contributed by atoms with van der Waals surface area (Å²) >= 11 is 6.14. The van der Waals surface area contributed by atoms with E-state index in [9.17, 15) is 9.59 Å². The number of likely N-dealkylation sites (N-methyl/N-ethyl adjacent to an activating group) is 1. The third-order valence-corrected chi connectivity index (χ3v) is 6.10. The summed E-state index contributed by atoms with van der Waals surface area (Å²) in [6.45, 7) is 3.26. The molecule has 0 unspecified atom stereocenters. The molecule has 35 heavy (non-hydrogen) atoms. The molecule has 2 N–H and O–H groups in total. The van der Waals surface area contributed by atoms with Crippen molar-refractivity contribution in [1.29, 1.82) is 0 Å². The number of halogens is 1. The van der Waals surface area contributed by atoms with Gasteiger partial charge < -0.3 is 20.4 Å². The number of hydrogen-bond acceptors (Lipinski definition) is 4. The number of hydrogen-bond donors (Lipinski definition) is 2. The van der Waals surface area contributed by atoms with Crippen molar-refractivity contribution in [3.05, 3.63) is 88.9 Å². The fourth-order valence-electron chi connectivity index (χ4n) is 4.03. The van der Waals surface area contributed by atoms with Gasteiger partial charge in [0.1, 0.15) is 0 Å². The van der Waals surface area contributed by atoms with Gasteiger partial charge in [0.25, 0.3) is 5.91 Å². The van der Waals surface area contributed by atoms with Crippen LogP contribution in [0.3, 0.4) is 0 Å². The summed E-state index contributed by atoms with van der Waals surface area (Å²) < 4.78 is 0. The Morgan fingerprint density at radius 3 is 2.34 bits per heavy atom. The average Bonchev–Trinajstić information content (AvgIpc) is 3.18. The van der Waals surface area contributed by atoms with E-state index in [2.05, 4.69) is 15.5 Å². The zero-order chi connectivity index (χ0) is 24.9. The van der Waals surface area contributed by atoms with Crippen molar-refractivity contribution < 1.29 is 9.59 Å². The summed E-state index contributed by atoms with van der Waals surface area (Å²) in [5.41, 5.74) is 5.29. The van der Waals surface area contributed by atoms with Gasteiger partial charge in [0.15, 0.2) is 0 Å². The van der Waals surface area contributed by atoms with Gasteiger partial charge in [0, 0.05) is 41.5 Å². The third kappa shape index (κ3) is 5.56. The number of nitrogens with zero attached hydrogens (tertiary/aromatic N) is 2. The molecule has 0 saturated heterocycles. The van der Waals surface area contributed by atoms with Gasteiger partial charge in [-0.05, 0) is 56.1 Å². The van der Waals surface area contributed by atoms with Gasteiger partial charge in [-0.15, -0.1) is 0 Å². The first kappa shape index (κ1) is 24.5. The molecule has 7 heteroatoms. The molecular weight excluding hydrogens is 460 g/mol. The van der Waals surface area contributed by atoms with Crippen LogP contribution in [0.15, 0.2) is 72.8 Å². The van der Waals surface area contributed by atoms with Crippen LogP contribution in [-0.2, 0) is 9.59 Å². The number of carbonyl (C=O) groups is 2. The minimum Gasteiger partial charge on any atom is -0.354 e. The highest BCUT2D eigenvalue weighted by Gasteiger charge is 2.28. The molecule has 1 aliphatic rings. The summed E-state index contributed by atoms with van der Waals surface area (Å²) in [5, 5.41) is 6.94. The molecule has 1 heterocycles. The Balaban J connectivity index is 1.70. The molecule has 0 fully saturated rings. The largest absolute Gasteiger partial charge is 0.354 e. The molecule has 0 atom stereocenters. The molecule has 180 valence electrons. The number of anilines is 3. The summed E-state index contributed by atoms with van der Waals surface area (Å²) in [6, 6.07) is 22.9. The van der Waals surface area contributed by atoms with Gasteiger partial charge in [-0.1, -0.05) is 54.9 Å². The van der Waals surface area contributed by atoms with Crippen molar-refractivity contribution in [2.75, 3.05) is 42.7 Å². The Bertz CT molecular complexity index is 1250. The Kier molecular flexibility index (Phi) is 7.54. The predicted octanol–water partition coefficient (Wildman–Crippen LogP) is 5.58. The molecule has 6 nitrogen and oxygen atoms in total. The Hall–Kier alpha value is -3.61. The van der Waals surface area contributed by atoms with Crippen LogP contribution in [-0.4, -0.2) is 43.9 Å². The van der Waals surface area contributed by atoms with E-state index >= 15 is 0 Å². The van der Waals surface area contributed by atoms with E-state index in [1.807, 2.05) is 86.6 Å². The van der Waals surface area contributed by atoms with E-state index in [0.717, 1.165) is 29.0 Å². The molecule has 1 aliphatic heterocycles. The summed E-state index contributed by atoms with van der Waals surface area (Å²) in [6.07, 6.45) is 0.441. The van der Waals surface area contributed by atoms with Gasteiger partial charge in [-0.25, -0.2) is 0 Å². The quantitative estimate of drug-likeness (QED) is 0.406. The smallest absolute Gasteiger partial charge is 0.258 e. The number of benzene rings is 3. The molecule has 0 saturated carbocycles. The highest BCUT2D eigenvalue weighted by Crippen LogP contribution is 2.38. The Labute approximate surface area is 211 Å². The van der Waals surface area contributed by atoms with Crippen LogP contribution in [0.25, 0.3) is 11.3 Å². The topological polar surface area (TPSA) is 64.7 Å². The van der Waals surface area contributed by atoms with E-state index in [1.165, 1.54) is 0 Å². The average molecular weight is 489 g/mol.